The fourth-order valence-electron chi connectivity index (χ4n) is 1.01. The smallest absolute Gasteiger partial charge is 0.383 e. The zero-order chi connectivity index (χ0) is 11.6. The van der Waals surface area contributed by atoms with Crippen LogP contribution < -0.4 is 0 Å². The van der Waals surface area contributed by atoms with E-state index in [1.807, 2.05) is 0 Å². The molecule has 1 aromatic carbocycles. The Morgan fingerprint density at radius 1 is 1.33 bits per heavy atom. The quantitative estimate of drug-likeness (QED) is 0.791. The molecule has 1 atom stereocenters. The van der Waals surface area contributed by atoms with Crippen molar-refractivity contribution in [3.63, 3.8) is 0 Å². The Balaban J connectivity index is 2.78. The largest absolute Gasteiger partial charge is 0.414 e. The molecule has 0 spiro atoms. The summed E-state index contributed by atoms with van der Waals surface area (Å²) in [6, 6.07) is 3.17. The van der Waals surface area contributed by atoms with Crippen molar-refractivity contribution in [1.29, 1.82) is 0 Å². The molecule has 0 bridgehead atoms. The molecule has 0 radical (unpaired) electrons. The molecule has 1 aromatic rings. The maximum atomic E-state index is 12.7. The van der Waals surface area contributed by atoms with Gasteiger partial charge in [-0.05, 0) is 17.7 Å². The van der Waals surface area contributed by atoms with E-state index in [0.29, 0.717) is 0 Å². The lowest BCUT2D eigenvalue weighted by Gasteiger charge is -2.14. The lowest BCUT2D eigenvalue weighted by molar-refractivity contribution is -0.203. The highest BCUT2D eigenvalue weighted by Crippen LogP contribution is 2.24. The summed E-state index contributed by atoms with van der Waals surface area (Å²) in [7, 11) is 0. The van der Waals surface area contributed by atoms with Gasteiger partial charge in [0.15, 0.2) is 6.10 Å². The van der Waals surface area contributed by atoms with Crippen molar-refractivity contribution in [1.82, 2.24) is 0 Å². The minimum Gasteiger partial charge on any atom is -0.383 e. The van der Waals surface area contributed by atoms with Crippen LogP contribution in [-0.4, -0.2) is 17.4 Å². The highest BCUT2D eigenvalue weighted by molar-refractivity contribution is 6.30. The molecule has 0 aromatic heterocycles. The van der Waals surface area contributed by atoms with E-state index in [2.05, 4.69) is 0 Å². The molecular formula is C9H7ClF4O. The average molecular weight is 243 g/mol. The van der Waals surface area contributed by atoms with Crippen LogP contribution in [-0.2, 0) is 6.42 Å². The first-order valence-electron chi connectivity index (χ1n) is 3.99. The monoisotopic (exact) mass is 242 g/mol. The molecule has 0 fully saturated rings. The molecule has 6 heteroatoms. The van der Waals surface area contributed by atoms with Crippen molar-refractivity contribution in [3.8, 4) is 0 Å². The van der Waals surface area contributed by atoms with Crippen molar-refractivity contribution in [2.75, 3.05) is 0 Å². The topological polar surface area (TPSA) is 20.2 Å². The van der Waals surface area contributed by atoms with Crippen LogP contribution in [0.1, 0.15) is 5.56 Å². The van der Waals surface area contributed by atoms with E-state index in [0.717, 1.165) is 18.2 Å². The molecule has 0 heterocycles. The van der Waals surface area contributed by atoms with Gasteiger partial charge in [-0.3, -0.25) is 0 Å². The summed E-state index contributed by atoms with van der Waals surface area (Å²) in [4.78, 5) is 0. The van der Waals surface area contributed by atoms with Gasteiger partial charge < -0.3 is 5.11 Å². The van der Waals surface area contributed by atoms with Gasteiger partial charge in [-0.15, -0.1) is 0 Å². The fourth-order valence-corrected chi connectivity index (χ4v) is 1.21. The summed E-state index contributed by atoms with van der Waals surface area (Å²) in [5, 5.41) is 8.48. The van der Waals surface area contributed by atoms with Crippen LogP contribution in [0.3, 0.4) is 0 Å². The van der Waals surface area contributed by atoms with Gasteiger partial charge in [0.25, 0.3) is 0 Å². The summed E-state index contributed by atoms with van der Waals surface area (Å²) < 4.78 is 48.5. The Kier molecular flexibility index (Phi) is 3.57. The minimum absolute atomic E-state index is 0.131. The third-order valence-electron chi connectivity index (χ3n) is 1.79. The number of hydrogen-bond acceptors (Lipinski definition) is 1. The first-order chi connectivity index (χ1) is 6.80. The maximum absolute atomic E-state index is 12.7. The molecule has 0 unspecified atom stereocenters. The number of alkyl halides is 3. The second-order valence-corrected chi connectivity index (χ2v) is 3.42. The molecule has 0 aliphatic carbocycles. The number of hydrogen-bond donors (Lipinski definition) is 1. The van der Waals surface area contributed by atoms with Crippen molar-refractivity contribution >= 4 is 11.6 Å². The van der Waals surface area contributed by atoms with Gasteiger partial charge in [0.1, 0.15) is 5.82 Å². The molecule has 1 rings (SSSR count). The Morgan fingerprint density at radius 2 is 1.93 bits per heavy atom. The molecule has 84 valence electrons. The molecule has 0 amide bonds. The van der Waals surface area contributed by atoms with Crippen molar-refractivity contribution in [2.24, 2.45) is 0 Å². The van der Waals surface area contributed by atoms with E-state index in [-0.39, 0.29) is 10.6 Å². The number of benzene rings is 1. The molecular weight excluding hydrogens is 236 g/mol. The number of rotatable bonds is 2. The third-order valence-corrected chi connectivity index (χ3v) is 2.08. The first-order valence-corrected chi connectivity index (χ1v) is 4.37. The van der Waals surface area contributed by atoms with Crippen LogP contribution in [0.5, 0.6) is 0 Å². The zero-order valence-corrected chi connectivity index (χ0v) is 8.11. The Bertz CT molecular complexity index is 350. The summed E-state index contributed by atoms with van der Waals surface area (Å²) >= 11 is 5.37. The minimum atomic E-state index is -4.68. The van der Waals surface area contributed by atoms with Gasteiger partial charge >= 0.3 is 6.18 Å². The summed E-state index contributed by atoms with van der Waals surface area (Å²) in [6.07, 6.45) is -7.77. The molecule has 1 N–H and O–H groups in total. The molecule has 0 aliphatic heterocycles. The van der Waals surface area contributed by atoms with Gasteiger partial charge in [-0.25, -0.2) is 4.39 Å². The predicted molar refractivity (Wildman–Crippen MR) is 47.2 cm³/mol. The lowest BCUT2D eigenvalue weighted by atomic mass is 10.1. The summed E-state index contributed by atoms with van der Waals surface area (Å²) in [5.74, 6) is -0.707. The van der Waals surface area contributed by atoms with Crippen LogP contribution in [0.15, 0.2) is 18.2 Å². The van der Waals surface area contributed by atoms with Gasteiger partial charge in [-0.2, -0.15) is 13.2 Å². The number of aliphatic hydroxyl groups excluding tert-OH is 1. The Hall–Kier alpha value is -0.810. The van der Waals surface area contributed by atoms with Crippen molar-refractivity contribution in [2.45, 2.75) is 18.7 Å². The van der Waals surface area contributed by atoms with E-state index in [9.17, 15) is 17.6 Å². The highest BCUT2D eigenvalue weighted by Gasteiger charge is 2.37. The second-order valence-electron chi connectivity index (χ2n) is 3.01. The van der Waals surface area contributed by atoms with Crippen LogP contribution in [0.4, 0.5) is 17.6 Å². The van der Waals surface area contributed by atoms with Gasteiger partial charge in [-0.1, -0.05) is 17.7 Å². The molecule has 0 aliphatic rings. The van der Waals surface area contributed by atoms with E-state index < -0.39 is 24.5 Å². The highest BCUT2D eigenvalue weighted by atomic mass is 35.5. The van der Waals surface area contributed by atoms with E-state index >= 15 is 0 Å². The standard InChI is InChI=1S/C9H7ClF4O/c10-6-3-5(1-2-7(6)11)4-8(15)9(12,13)14/h1-3,8,15H,4H2/t8-/m1/s1. The SMILES string of the molecule is O[C@H](Cc1ccc(F)c(Cl)c1)C(F)(F)F. The predicted octanol–water partition coefficient (Wildman–Crippen LogP) is 2.94. The number of aliphatic hydroxyl groups is 1. The average Bonchev–Trinajstić information content (AvgIpc) is 2.10. The molecule has 15 heavy (non-hydrogen) atoms. The zero-order valence-electron chi connectivity index (χ0n) is 7.35. The molecule has 1 nitrogen and oxygen atoms in total. The fraction of sp³-hybridized carbons (Fsp3) is 0.333. The normalized spacial score (nSPS) is 14.0. The van der Waals surface area contributed by atoms with E-state index in [1.54, 1.807) is 0 Å². The van der Waals surface area contributed by atoms with Gasteiger partial charge in [0.05, 0.1) is 5.02 Å². The third kappa shape index (κ3) is 3.35. The van der Waals surface area contributed by atoms with Crippen LogP contribution >= 0.6 is 11.6 Å². The molecule has 0 saturated carbocycles. The van der Waals surface area contributed by atoms with E-state index in [1.165, 1.54) is 0 Å². The first kappa shape index (κ1) is 12.3. The van der Waals surface area contributed by atoms with Gasteiger partial charge in [0, 0.05) is 6.42 Å². The number of halogens is 5. The summed E-state index contributed by atoms with van der Waals surface area (Å²) in [5.41, 5.74) is 0.131. The Labute approximate surface area is 88.3 Å². The lowest BCUT2D eigenvalue weighted by Crippen LogP contribution is -2.30. The van der Waals surface area contributed by atoms with Crippen molar-refractivity contribution < 1.29 is 22.7 Å². The van der Waals surface area contributed by atoms with Crippen LogP contribution in [0.25, 0.3) is 0 Å². The Morgan fingerprint density at radius 3 is 2.40 bits per heavy atom. The van der Waals surface area contributed by atoms with Gasteiger partial charge in [0.2, 0.25) is 0 Å². The molecule has 0 saturated heterocycles. The maximum Gasteiger partial charge on any atom is 0.414 e. The van der Waals surface area contributed by atoms with Crippen LogP contribution in [0, 0.1) is 5.82 Å². The van der Waals surface area contributed by atoms with Crippen molar-refractivity contribution in [3.05, 3.63) is 34.6 Å². The summed E-state index contributed by atoms with van der Waals surface area (Å²) in [6.45, 7) is 0. The van der Waals surface area contributed by atoms with Crippen LogP contribution in [0.2, 0.25) is 5.02 Å². The second kappa shape index (κ2) is 4.37. The van der Waals surface area contributed by atoms with E-state index in [4.69, 9.17) is 16.7 Å².